The fourth-order valence-corrected chi connectivity index (χ4v) is 3.95. The molecule has 1 heterocycles. The quantitative estimate of drug-likeness (QED) is 0.247. The molecule has 36 heavy (non-hydrogen) atoms. The molecule has 0 aliphatic heterocycles. The van der Waals surface area contributed by atoms with Gasteiger partial charge in [-0.15, -0.1) is 0 Å². The van der Waals surface area contributed by atoms with Crippen molar-refractivity contribution < 1.29 is 23.7 Å². The number of nitrogens with two attached hydrogens (primary N) is 1. The summed E-state index contributed by atoms with van der Waals surface area (Å²) in [6, 6.07) is 12.0. The van der Waals surface area contributed by atoms with Gasteiger partial charge in [0.2, 0.25) is 0 Å². The number of aromatic nitrogens is 2. The molecule has 0 saturated carbocycles. The normalized spacial score (nSPS) is 12.0. The van der Waals surface area contributed by atoms with Crippen LogP contribution in [0.15, 0.2) is 40.9 Å². The SMILES string of the molecule is COc1cc2c(NC(C)c3cccc(Br)c3)nc(C)nc2cc1OCCOCCOCCOCCN. The maximum atomic E-state index is 5.94. The molecule has 0 radical (unpaired) electrons. The number of fused-ring (bicyclic) bond motifs is 1. The van der Waals surface area contributed by atoms with Crippen LogP contribution >= 0.6 is 15.9 Å². The minimum Gasteiger partial charge on any atom is -0.493 e. The van der Waals surface area contributed by atoms with Crippen LogP contribution in [0.1, 0.15) is 24.4 Å². The van der Waals surface area contributed by atoms with Crippen LogP contribution in [-0.4, -0.2) is 69.9 Å². The van der Waals surface area contributed by atoms with Gasteiger partial charge in [0.05, 0.1) is 58.3 Å². The van der Waals surface area contributed by atoms with Crippen LogP contribution in [0.3, 0.4) is 0 Å². The first kappa shape index (κ1) is 28.1. The van der Waals surface area contributed by atoms with Crippen molar-refractivity contribution in [3.63, 3.8) is 0 Å². The molecule has 2 aromatic carbocycles. The Morgan fingerprint density at radius 3 is 2.28 bits per heavy atom. The number of ether oxygens (including phenoxy) is 5. The number of halogens is 1. The summed E-state index contributed by atoms with van der Waals surface area (Å²) in [7, 11) is 1.62. The Labute approximate surface area is 220 Å². The number of rotatable bonds is 16. The Morgan fingerprint density at radius 2 is 1.61 bits per heavy atom. The molecule has 0 saturated heterocycles. The molecule has 0 aliphatic rings. The molecule has 1 unspecified atom stereocenters. The van der Waals surface area contributed by atoms with E-state index in [0.717, 1.165) is 26.8 Å². The van der Waals surface area contributed by atoms with E-state index in [0.29, 0.717) is 70.1 Å². The van der Waals surface area contributed by atoms with Crippen molar-refractivity contribution in [3.05, 3.63) is 52.3 Å². The Bertz CT molecular complexity index is 1100. The second-order valence-electron chi connectivity index (χ2n) is 8.03. The number of nitrogens with zero attached hydrogens (tertiary/aromatic N) is 2. The third kappa shape index (κ3) is 8.56. The average molecular weight is 563 g/mol. The molecule has 3 rings (SSSR count). The van der Waals surface area contributed by atoms with E-state index in [1.165, 1.54) is 0 Å². The standard InChI is InChI=1S/C26H35BrN4O5/c1-18(20-5-4-6-21(27)15-20)29-26-22-16-24(32-3)25(17-23(22)30-19(2)31-26)36-14-13-35-12-11-34-10-9-33-8-7-28/h4-6,15-18H,7-14,28H2,1-3H3,(H,29,30,31). The van der Waals surface area contributed by atoms with Crippen LogP contribution in [-0.2, 0) is 14.2 Å². The summed E-state index contributed by atoms with van der Waals surface area (Å²) in [6.07, 6.45) is 0. The van der Waals surface area contributed by atoms with Crippen molar-refractivity contribution in [1.29, 1.82) is 0 Å². The van der Waals surface area contributed by atoms with E-state index in [1.807, 2.05) is 31.2 Å². The van der Waals surface area contributed by atoms with Crippen molar-refractivity contribution in [1.82, 2.24) is 9.97 Å². The van der Waals surface area contributed by atoms with Crippen molar-refractivity contribution in [2.45, 2.75) is 19.9 Å². The highest BCUT2D eigenvalue weighted by Gasteiger charge is 2.15. The molecule has 1 atom stereocenters. The largest absolute Gasteiger partial charge is 0.493 e. The van der Waals surface area contributed by atoms with Crippen molar-refractivity contribution >= 4 is 32.7 Å². The monoisotopic (exact) mass is 562 g/mol. The van der Waals surface area contributed by atoms with E-state index >= 15 is 0 Å². The topological polar surface area (TPSA) is 110 Å². The fourth-order valence-electron chi connectivity index (χ4n) is 3.54. The van der Waals surface area contributed by atoms with Gasteiger partial charge in [-0.2, -0.15) is 0 Å². The van der Waals surface area contributed by atoms with Gasteiger partial charge in [-0.05, 0) is 37.6 Å². The number of anilines is 1. The van der Waals surface area contributed by atoms with Gasteiger partial charge in [-0.1, -0.05) is 28.1 Å². The zero-order chi connectivity index (χ0) is 25.8. The fraction of sp³-hybridized carbons (Fsp3) is 0.462. The predicted octanol–water partition coefficient (Wildman–Crippen LogP) is 4.27. The molecular formula is C26H35BrN4O5. The molecule has 0 spiro atoms. The lowest BCUT2D eigenvalue weighted by Gasteiger charge is -2.18. The van der Waals surface area contributed by atoms with Gasteiger partial charge in [-0.3, -0.25) is 0 Å². The molecule has 3 N–H and O–H groups in total. The maximum Gasteiger partial charge on any atom is 0.163 e. The summed E-state index contributed by atoms with van der Waals surface area (Å²) in [5, 5.41) is 4.37. The van der Waals surface area contributed by atoms with Gasteiger partial charge >= 0.3 is 0 Å². The second-order valence-corrected chi connectivity index (χ2v) is 8.95. The van der Waals surface area contributed by atoms with Crippen LogP contribution in [0, 0.1) is 6.92 Å². The van der Waals surface area contributed by atoms with Crippen LogP contribution in [0.2, 0.25) is 0 Å². The Hall–Kier alpha value is -2.50. The van der Waals surface area contributed by atoms with E-state index < -0.39 is 0 Å². The van der Waals surface area contributed by atoms with Crippen molar-refractivity contribution in [2.75, 3.05) is 65.2 Å². The lowest BCUT2D eigenvalue weighted by atomic mass is 10.1. The summed E-state index contributed by atoms with van der Waals surface area (Å²) in [5.74, 6) is 2.62. The van der Waals surface area contributed by atoms with Gasteiger partial charge in [0.15, 0.2) is 11.5 Å². The number of hydrogen-bond donors (Lipinski definition) is 2. The summed E-state index contributed by atoms with van der Waals surface area (Å²) in [4.78, 5) is 9.26. The third-order valence-electron chi connectivity index (χ3n) is 5.29. The summed E-state index contributed by atoms with van der Waals surface area (Å²) < 4.78 is 28.9. The summed E-state index contributed by atoms with van der Waals surface area (Å²) >= 11 is 3.54. The third-order valence-corrected chi connectivity index (χ3v) is 5.78. The van der Waals surface area contributed by atoms with Crippen LogP contribution in [0.4, 0.5) is 5.82 Å². The number of aryl methyl sites for hydroxylation is 1. The highest BCUT2D eigenvalue weighted by Crippen LogP contribution is 2.35. The van der Waals surface area contributed by atoms with Crippen LogP contribution in [0.5, 0.6) is 11.5 Å². The van der Waals surface area contributed by atoms with Crippen LogP contribution in [0.25, 0.3) is 10.9 Å². The second kappa shape index (κ2) is 14.9. The number of benzene rings is 2. The number of hydrogen-bond acceptors (Lipinski definition) is 9. The lowest BCUT2D eigenvalue weighted by Crippen LogP contribution is -2.14. The van der Waals surface area contributed by atoms with Gasteiger partial charge < -0.3 is 34.7 Å². The molecule has 196 valence electrons. The minimum absolute atomic E-state index is 0.0431. The first-order valence-electron chi connectivity index (χ1n) is 12.0. The Kier molecular flexibility index (Phi) is 11.6. The van der Waals surface area contributed by atoms with E-state index in [9.17, 15) is 0 Å². The average Bonchev–Trinajstić information content (AvgIpc) is 2.86. The molecule has 9 nitrogen and oxygen atoms in total. The van der Waals surface area contributed by atoms with Crippen LogP contribution < -0.4 is 20.5 Å². The maximum absolute atomic E-state index is 5.94. The predicted molar refractivity (Wildman–Crippen MR) is 144 cm³/mol. The zero-order valence-corrected chi connectivity index (χ0v) is 22.7. The highest BCUT2D eigenvalue weighted by molar-refractivity contribution is 9.10. The molecule has 0 aliphatic carbocycles. The molecule has 0 bridgehead atoms. The zero-order valence-electron chi connectivity index (χ0n) is 21.1. The van der Waals surface area contributed by atoms with E-state index in [1.54, 1.807) is 7.11 Å². The van der Waals surface area contributed by atoms with Gasteiger partial charge in [0.1, 0.15) is 18.2 Å². The van der Waals surface area contributed by atoms with E-state index in [4.69, 9.17) is 29.4 Å². The summed E-state index contributed by atoms with van der Waals surface area (Å²) in [5.41, 5.74) is 7.28. The molecule has 1 aromatic heterocycles. The smallest absolute Gasteiger partial charge is 0.163 e. The summed E-state index contributed by atoms with van der Waals surface area (Å²) in [6.45, 7) is 7.86. The van der Waals surface area contributed by atoms with Gasteiger partial charge in [0.25, 0.3) is 0 Å². The molecule has 10 heteroatoms. The Morgan fingerprint density at radius 1 is 0.917 bits per heavy atom. The van der Waals surface area contributed by atoms with Crippen molar-refractivity contribution in [3.8, 4) is 11.5 Å². The van der Waals surface area contributed by atoms with Gasteiger partial charge in [-0.25, -0.2) is 9.97 Å². The van der Waals surface area contributed by atoms with E-state index in [-0.39, 0.29) is 6.04 Å². The molecule has 0 fully saturated rings. The molecular weight excluding hydrogens is 528 g/mol. The van der Waals surface area contributed by atoms with Crippen molar-refractivity contribution in [2.24, 2.45) is 5.73 Å². The molecule has 3 aromatic rings. The molecule has 0 amide bonds. The Balaban J connectivity index is 1.58. The van der Waals surface area contributed by atoms with Gasteiger partial charge in [0, 0.05) is 22.5 Å². The van der Waals surface area contributed by atoms with E-state index in [2.05, 4.69) is 50.3 Å². The number of nitrogens with one attached hydrogen (secondary N) is 1. The highest BCUT2D eigenvalue weighted by atomic mass is 79.9. The first-order chi connectivity index (χ1) is 17.5. The first-order valence-corrected chi connectivity index (χ1v) is 12.8. The number of methoxy groups -OCH3 is 1. The lowest BCUT2D eigenvalue weighted by molar-refractivity contribution is 0.0104. The minimum atomic E-state index is 0.0431.